The minimum absolute atomic E-state index is 0.119. The van der Waals surface area contributed by atoms with Gasteiger partial charge in [-0.15, -0.1) is 0 Å². The number of hydrogen-bond donors (Lipinski definition) is 4. The van der Waals surface area contributed by atoms with Crippen molar-refractivity contribution in [3.63, 3.8) is 0 Å². The van der Waals surface area contributed by atoms with Gasteiger partial charge >= 0.3 is 5.97 Å². The maximum Gasteiger partial charge on any atom is 0.306 e. The summed E-state index contributed by atoms with van der Waals surface area (Å²) < 4.78 is 22.9. The van der Waals surface area contributed by atoms with E-state index in [0.717, 1.165) is 64.2 Å². The van der Waals surface area contributed by atoms with Gasteiger partial charge in [0.05, 0.1) is 19.8 Å². The fourth-order valence-electron chi connectivity index (χ4n) is 8.12. The molecule has 0 radical (unpaired) electrons. The predicted molar refractivity (Wildman–Crippen MR) is 274 cm³/mol. The van der Waals surface area contributed by atoms with Gasteiger partial charge in [0.15, 0.2) is 6.29 Å². The molecule has 9 heteroatoms. The Hall–Kier alpha value is -2.11. The third-order valence-electron chi connectivity index (χ3n) is 12.4. The van der Waals surface area contributed by atoms with Gasteiger partial charge in [-0.1, -0.05) is 203 Å². The van der Waals surface area contributed by atoms with Crippen molar-refractivity contribution in [1.29, 1.82) is 0 Å². The van der Waals surface area contributed by atoms with E-state index in [1.54, 1.807) is 0 Å². The van der Waals surface area contributed by atoms with E-state index >= 15 is 0 Å². The molecule has 66 heavy (non-hydrogen) atoms. The molecule has 0 aliphatic carbocycles. The number of carbonyl (C=O) groups excluding carboxylic acids is 1. The third-order valence-corrected chi connectivity index (χ3v) is 12.4. The number of esters is 1. The van der Waals surface area contributed by atoms with Crippen LogP contribution in [0, 0.1) is 0 Å². The summed E-state index contributed by atoms with van der Waals surface area (Å²) >= 11 is 0. The van der Waals surface area contributed by atoms with Gasteiger partial charge in [-0.25, -0.2) is 0 Å². The molecule has 0 bridgehead atoms. The number of aliphatic hydroxyl groups excluding tert-OH is 4. The molecule has 1 rings (SSSR count). The molecule has 4 N–H and O–H groups in total. The normalized spacial score (nSPS) is 19.8. The van der Waals surface area contributed by atoms with Gasteiger partial charge < -0.3 is 39.4 Å². The maximum absolute atomic E-state index is 12.8. The van der Waals surface area contributed by atoms with Crippen LogP contribution in [0.1, 0.15) is 232 Å². The molecule has 1 heterocycles. The first kappa shape index (κ1) is 61.9. The zero-order chi connectivity index (χ0) is 47.8. The lowest BCUT2D eigenvalue weighted by molar-refractivity contribution is -0.305. The summed E-state index contributed by atoms with van der Waals surface area (Å²) in [6.45, 7) is 4.52. The van der Waals surface area contributed by atoms with E-state index in [0.29, 0.717) is 13.0 Å². The van der Waals surface area contributed by atoms with Crippen molar-refractivity contribution in [2.24, 2.45) is 0 Å². The van der Waals surface area contributed by atoms with Crippen molar-refractivity contribution in [2.75, 3.05) is 26.4 Å². The SMILES string of the molecule is CCCCC/C=C\C/C=C\CCCCCCCCCC(=O)OC(COCCCCCCCCCCCCC/C=C\C/C=C\C/C=C\CCCCCCC)COC1OC(CO)C(O)C(O)C1O. The average molecular weight is 931 g/mol. The van der Waals surface area contributed by atoms with E-state index in [9.17, 15) is 25.2 Å². The Bertz CT molecular complexity index is 1200. The van der Waals surface area contributed by atoms with Gasteiger partial charge in [0.1, 0.15) is 30.5 Å². The standard InChI is InChI=1S/C57H102O9/c1-3-5-7-9-11-13-15-17-19-21-22-23-24-25-26-27-28-29-31-33-35-37-39-41-43-45-47-63-49-51(50-64-57-56(62)55(61)54(60)52(48-58)66-57)65-53(59)46-44-42-40-38-36-34-32-30-20-18-16-14-12-10-8-6-4-2/h12,14-15,17-18,20-22,24-25,51-52,54-58,60-62H,3-11,13,16,19,23,26-50H2,1-2H3/b14-12-,17-15-,20-18-,22-21-,25-24-. The highest BCUT2D eigenvalue weighted by Crippen LogP contribution is 2.23. The Morgan fingerprint density at radius 1 is 0.485 bits per heavy atom. The molecule has 1 fully saturated rings. The van der Waals surface area contributed by atoms with Gasteiger partial charge in [-0.05, 0) is 83.5 Å². The van der Waals surface area contributed by atoms with Crippen LogP contribution in [-0.4, -0.2) is 89.6 Å². The molecular formula is C57H102O9. The van der Waals surface area contributed by atoms with E-state index < -0.39 is 43.4 Å². The monoisotopic (exact) mass is 931 g/mol. The molecule has 0 amide bonds. The fraction of sp³-hybridized carbons (Fsp3) is 0.807. The Labute approximate surface area is 405 Å². The maximum atomic E-state index is 12.8. The zero-order valence-electron chi connectivity index (χ0n) is 42.4. The predicted octanol–water partition coefficient (Wildman–Crippen LogP) is 13.8. The first-order valence-corrected chi connectivity index (χ1v) is 27.4. The minimum Gasteiger partial charge on any atom is -0.457 e. The molecule has 0 aromatic carbocycles. The van der Waals surface area contributed by atoms with Gasteiger partial charge in [0, 0.05) is 13.0 Å². The first-order chi connectivity index (χ1) is 32.4. The second kappa shape index (κ2) is 47.9. The van der Waals surface area contributed by atoms with Crippen molar-refractivity contribution in [1.82, 2.24) is 0 Å². The molecule has 6 atom stereocenters. The quantitative estimate of drug-likeness (QED) is 0.0267. The molecule has 1 aliphatic heterocycles. The van der Waals surface area contributed by atoms with Crippen LogP contribution in [0.5, 0.6) is 0 Å². The number of carbonyl (C=O) groups is 1. The molecule has 6 unspecified atom stereocenters. The molecule has 0 saturated carbocycles. The van der Waals surface area contributed by atoms with E-state index in [2.05, 4.69) is 74.6 Å². The van der Waals surface area contributed by atoms with Crippen molar-refractivity contribution < 1.29 is 44.2 Å². The second-order valence-corrected chi connectivity index (χ2v) is 18.7. The van der Waals surface area contributed by atoms with Gasteiger partial charge in [0.25, 0.3) is 0 Å². The van der Waals surface area contributed by atoms with Crippen LogP contribution < -0.4 is 0 Å². The van der Waals surface area contributed by atoms with E-state index in [1.165, 1.54) is 148 Å². The first-order valence-electron chi connectivity index (χ1n) is 27.4. The topological polar surface area (TPSA) is 135 Å². The Kier molecular flexibility index (Phi) is 45.0. The largest absolute Gasteiger partial charge is 0.457 e. The van der Waals surface area contributed by atoms with Gasteiger partial charge in [0.2, 0.25) is 0 Å². The van der Waals surface area contributed by atoms with Crippen LogP contribution in [0.2, 0.25) is 0 Å². The highest BCUT2D eigenvalue weighted by Gasteiger charge is 2.44. The van der Waals surface area contributed by atoms with Crippen LogP contribution in [-0.2, 0) is 23.7 Å². The Balaban J connectivity index is 2.17. The smallest absolute Gasteiger partial charge is 0.306 e. The van der Waals surface area contributed by atoms with Crippen molar-refractivity contribution in [3.8, 4) is 0 Å². The lowest BCUT2D eigenvalue weighted by Gasteiger charge is -2.39. The van der Waals surface area contributed by atoms with Crippen molar-refractivity contribution in [2.45, 2.75) is 269 Å². The fourth-order valence-corrected chi connectivity index (χ4v) is 8.12. The van der Waals surface area contributed by atoms with Crippen LogP contribution in [0.15, 0.2) is 60.8 Å². The lowest BCUT2D eigenvalue weighted by atomic mass is 9.99. The van der Waals surface area contributed by atoms with Crippen LogP contribution in [0.25, 0.3) is 0 Å². The highest BCUT2D eigenvalue weighted by molar-refractivity contribution is 5.69. The second-order valence-electron chi connectivity index (χ2n) is 18.7. The third kappa shape index (κ3) is 37.8. The van der Waals surface area contributed by atoms with Gasteiger partial charge in [-0.2, -0.15) is 0 Å². The summed E-state index contributed by atoms with van der Waals surface area (Å²) in [6, 6.07) is 0. The molecule has 0 spiro atoms. The Morgan fingerprint density at radius 2 is 0.879 bits per heavy atom. The number of ether oxygens (including phenoxy) is 4. The van der Waals surface area contributed by atoms with Crippen molar-refractivity contribution in [3.05, 3.63) is 60.8 Å². The van der Waals surface area contributed by atoms with E-state index in [-0.39, 0.29) is 19.2 Å². The number of hydrogen-bond acceptors (Lipinski definition) is 9. The Morgan fingerprint density at radius 3 is 1.35 bits per heavy atom. The van der Waals surface area contributed by atoms with Crippen LogP contribution >= 0.6 is 0 Å². The van der Waals surface area contributed by atoms with Crippen molar-refractivity contribution >= 4 is 5.97 Å². The summed E-state index contributed by atoms with van der Waals surface area (Å²) in [4.78, 5) is 12.8. The molecule has 1 aliphatic rings. The lowest BCUT2D eigenvalue weighted by Crippen LogP contribution is -2.59. The highest BCUT2D eigenvalue weighted by atomic mass is 16.7. The number of aliphatic hydroxyl groups is 4. The van der Waals surface area contributed by atoms with E-state index in [1.807, 2.05) is 0 Å². The minimum atomic E-state index is -1.54. The number of unbranched alkanes of at least 4 members (excludes halogenated alkanes) is 26. The summed E-state index contributed by atoms with van der Waals surface area (Å²) in [5.41, 5.74) is 0. The molecular weight excluding hydrogens is 829 g/mol. The van der Waals surface area contributed by atoms with E-state index in [4.69, 9.17) is 18.9 Å². The summed E-state index contributed by atoms with van der Waals surface area (Å²) in [5, 5.41) is 40.3. The van der Waals surface area contributed by atoms with Crippen LogP contribution in [0.4, 0.5) is 0 Å². The zero-order valence-corrected chi connectivity index (χ0v) is 42.4. The number of rotatable bonds is 47. The summed E-state index contributed by atoms with van der Waals surface area (Å²) in [6.07, 6.45) is 55.4. The number of allylic oxidation sites excluding steroid dienone is 10. The molecule has 0 aromatic rings. The summed E-state index contributed by atoms with van der Waals surface area (Å²) in [5.74, 6) is -0.322. The average Bonchev–Trinajstić information content (AvgIpc) is 3.32. The summed E-state index contributed by atoms with van der Waals surface area (Å²) in [7, 11) is 0. The molecule has 384 valence electrons. The van der Waals surface area contributed by atoms with Crippen LogP contribution in [0.3, 0.4) is 0 Å². The molecule has 1 saturated heterocycles. The molecule has 9 nitrogen and oxygen atoms in total. The molecule has 0 aromatic heterocycles. The van der Waals surface area contributed by atoms with Gasteiger partial charge in [-0.3, -0.25) is 4.79 Å².